The van der Waals surface area contributed by atoms with E-state index >= 15 is 0 Å². The minimum Gasteiger partial charge on any atom is -0.494 e. The van der Waals surface area contributed by atoms with Gasteiger partial charge in [-0.3, -0.25) is 9.10 Å². The molecule has 6 nitrogen and oxygen atoms in total. The zero-order chi connectivity index (χ0) is 19.3. The van der Waals surface area contributed by atoms with Crippen LogP contribution in [0.2, 0.25) is 0 Å². The number of nitrogens with one attached hydrogen (secondary N) is 1. The lowest BCUT2D eigenvalue weighted by Crippen LogP contribution is -2.45. The highest BCUT2D eigenvalue weighted by atomic mass is 32.2. The molecule has 0 radical (unpaired) electrons. The molecule has 1 amide bonds. The number of rotatable bonds is 7. The summed E-state index contributed by atoms with van der Waals surface area (Å²) in [6, 6.07) is 10.7. The summed E-state index contributed by atoms with van der Waals surface area (Å²) >= 11 is 0. The predicted octanol–water partition coefficient (Wildman–Crippen LogP) is 3.02. The largest absolute Gasteiger partial charge is 0.494 e. The van der Waals surface area contributed by atoms with Crippen molar-refractivity contribution in [2.24, 2.45) is 0 Å². The summed E-state index contributed by atoms with van der Waals surface area (Å²) in [4.78, 5) is 12.5. The highest BCUT2D eigenvalue weighted by Gasteiger charge is 2.29. The Hall–Kier alpha value is -2.61. The van der Waals surface area contributed by atoms with Gasteiger partial charge in [0, 0.05) is 5.69 Å². The molecule has 2 aromatic carbocycles. The van der Waals surface area contributed by atoms with E-state index in [-0.39, 0.29) is 5.69 Å². The average Bonchev–Trinajstić information content (AvgIpc) is 2.55. The minimum absolute atomic E-state index is 0.0850. The highest BCUT2D eigenvalue weighted by Crippen LogP contribution is 2.23. The summed E-state index contributed by atoms with van der Waals surface area (Å²) < 4.78 is 44.0. The van der Waals surface area contributed by atoms with Gasteiger partial charge in [0.25, 0.3) is 0 Å². The Morgan fingerprint density at radius 3 is 2.42 bits per heavy atom. The zero-order valence-electron chi connectivity index (χ0n) is 14.8. The van der Waals surface area contributed by atoms with Crippen molar-refractivity contribution in [3.63, 3.8) is 0 Å². The van der Waals surface area contributed by atoms with E-state index in [1.807, 2.05) is 6.92 Å². The van der Waals surface area contributed by atoms with Crippen molar-refractivity contribution in [3.8, 4) is 5.75 Å². The van der Waals surface area contributed by atoms with Crippen LogP contribution in [0, 0.1) is 5.82 Å². The molecule has 1 atom stereocenters. The predicted molar refractivity (Wildman–Crippen MR) is 99.4 cm³/mol. The number of hydrogen-bond donors (Lipinski definition) is 1. The summed E-state index contributed by atoms with van der Waals surface area (Å²) in [5, 5.41) is 2.65. The molecule has 1 unspecified atom stereocenters. The van der Waals surface area contributed by atoms with Gasteiger partial charge in [-0.1, -0.05) is 6.07 Å². The number of amides is 1. The van der Waals surface area contributed by atoms with E-state index in [0.717, 1.165) is 16.6 Å². The van der Waals surface area contributed by atoms with Gasteiger partial charge in [0.15, 0.2) is 0 Å². The van der Waals surface area contributed by atoms with Crippen LogP contribution in [0.25, 0.3) is 0 Å². The SMILES string of the molecule is CCOc1ccc(NC(=O)C(C)N(c2cccc(F)c2)S(C)(=O)=O)cc1. The van der Waals surface area contributed by atoms with Crippen LogP contribution in [0.15, 0.2) is 48.5 Å². The van der Waals surface area contributed by atoms with Gasteiger partial charge in [-0.2, -0.15) is 0 Å². The van der Waals surface area contributed by atoms with E-state index < -0.39 is 27.8 Å². The number of anilines is 2. The van der Waals surface area contributed by atoms with Crippen LogP contribution in [0.5, 0.6) is 5.75 Å². The van der Waals surface area contributed by atoms with Crippen LogP contribution < -0.4 is 14.4 Å². The lowest BCUT2D eigenvalue weighted by atomic mass is 10.2. The van der Waals surface area contributed by atoms with Gasteiger partial charge in [0.2, 0.25) is 15.9 Å². The number of hydrogen-bond acceptors (Lipinski definition) is 4. The molecule has 0 aliphatic heterocycles. The van der Waals surface area contributed by atoms with Crippen LogP contribution in [0.3, 0.4) is 0 Å². The molecule has 0 spiro atoms. The van der Waals surface area contributed by atoms with Gasteiger partial charge in [-0.15, -0.1) is 0 Å². The Morgan fingerprint density at radius 1 is 1.23 bits per heavy atom. The van der Waals surface area contributed by atoms with Crippen LogP contribution in [-0.2, 0) is 14.8 Å². The molecule has 2 aromatic rings. The molecule has 0 aliphatic rings. The molecule has 26 heavy (non-hydrogen) atoms. The third kappa shape index (κ3) is 4.95. The van der Waals surface area contributed by atoms with E-state index in [2.05, 4.69) is 5.32 Å². The topological polar surface area (TPSA) is 75.7 Å². The number of benzene rings is 2. The smallest absolute Gasteiger partial charge is 0.247 e. The van der Waals surface area contributed by atoms with E-state index in [9.17, 15) is 17.6 Å². The first-order valence-electron chi connectivity index (χ1n) is 8.01. The number of halogens is 1. The Kier molecular flexibility index (Phi) is 6.20. The van der Waals surface area contributed by atoms with Crippen molar-refractivity contribution in [3.05, 3.63) is 54.3 Å². The standard InChI is InChI=1S/C18H21FN2O4S/c1-4-25-17-10-8-15(9-11-17)20-18(22)13(2)21(26(3,23)24)16-7-5-6-14(19)12-16/h5-13H,4H2,1-3H3,(H,20,22). The Morgan fingerprint density at radius 2 is 1.88 bits per heavy atom. The number of carbonyl (C=O) groups excluding carboxylic acids is 1. The van der Waals surface area contributed by atoms with Crippen molar-refractivity contribution >= 4 is 27.3 Å². The first kappa shape index (κ1) is 19.7. The van der Waals surface area contributed by atoms with Crippen molar-refractivity contribution in [1.29, 1.82) is 0 Å². The molecule has 2 rings (SSSR count). The molecule has 0 aromatic heterocycles. The first-order chi connectivity index (χ1) is 12.2. The number of sulfonamides is 1. The van der Waals surface area contributed by atoms with Crippen molar-refractivity contribution in [1.82, 2.24) is 0 Å². The Balaban J connectivity index is 2.22. The van der Waals surface area contributed by atoms with Gasteiger partial charge >= 0.3 is 0 Å². The number of ether oxygens (including phenoxy) is 1. The normalized spacial score (nSPS) is 12.3. The quantitative estimate of drug-likeness (QED) is 0.801. The van der Waals surface area contributed by atoms with Crippen molar-refractivity contribution in [2.75, 3.05) is 22.5 Å². The van der Waals surface area contributed by atoms with Gasteiger partial charge in [-0.25, -0.2) is 12.8 Å². The fourth-order valence-corrected chi connectivity index (χ4v) is 3.64. The number of nitrogens with zero attached hydrogens (tertiary/aromatic N) is 1. The zero-order valence-corrected chi connectivity index (χ0v) is 15.6. The molecule has 0 bridgehead atoms. The maximum atomic E-state index is 13.5. The lowest BCUT2D eigenvalue weighted by molar-refractivity contribution is -0.116. The van der Waals surface area contributed by atoms with Crippen LogP contribution in [0.4, 0.5) is 15.8 Å². The maximum absolute atomic E-state index is 13.5. The second-order valence-electron chi connectivity index (χ2n) is 5.66. The van der Waals surface area contributed by atoms with Crippen molar-refractivity contribution < 1.29 is 22.3 Å². The summed E-state index contributed by atoms with van der Waals surface area (Å²) in [5.74, 6) is -0.463. The molecule has 140 valence electrons. The molecule has 1 N–H and O–H groups in total. The third-order valence-corrected chi connectivity index (χ3v) is 4.83. The fourth-order valence-electron chi connectivity index (χ4n) is 2.47. The average molecular weight is 380 g/mol. The van der Waals surface area contributed by atoms with E-state index in [0.29, 0.717) is 18.0 Å². The minimum atomic E-state index is -3.80. The monoisotopic (exact) mass is 380 g/mol. The fraction of sp³-hybridized carbons (Fsp3) is 0.278. The summed E-state index contributed by atoms with van der Waals surface area (Å²) in [6.45, 7) is 3.83. The van der Waals surface area contributed by atoms with Crippen LogP contribution >= 0.6 is 0 Å². The summed E-state index contributed by atoms with van der Waals surface area (Å²) in [7, 11) is -3.80. The molecule has 0 saturated heterocycles. The van der Waals surface area contributed by atoms with Crippen LogP contribution in [-0.4, -0.2) is 33.2 Å². The highest BCUT2D eigenvalue weighted by molar-refractivity contribution is 7.92. The third-order valence-electron chi connectivity index (χ3n) is 3.58. The molecular formula is C18H21FN2O4S. The Labute approximate surface area is 152 Å². The summed E-state index contributed by atoms with van der Waals surface area (Å²) in [6.07, 6.45) is 0.971. The molecule has 0 aliphatic carbocycles. The van der Waals surface area contributed by atoms with E-state index in [4.69, 9.17) is 4.74 Å². The van der Waals surface area contributed by atoms with E-state index in [1.54, 1.807) is 24.3 Å². The lowest BCUT2D eigenvalue weighted by Gasteiger charge is -2.28. The molecular weight excluding hydrogens is 359 g/mol. The van der Waals surface area contributed by atoms with Crippen molar-refractivity contribution in [2.45, 2.75) is 19.9 Å². The van der Waals surface area contributed by atoms with Gasteiger partial charge in [0.05, 0.1) is 18.6 Å². The van der Waals surface area contributed by atoms with E-state index in [1.165, 1.54) is 25.1 Å². The Bertz CT molecular complexity index is 869. The van der Waals surface area contributed by atoms with Gasteiger partial charge in [-0.05, 0) is 56.3 Å². The second-order valence-corrected chi connectivity index (χ2v) is 7.52. The second kappa shape index (κ2) is 8.18. The van der Waals surface area contributed by atoms with Gasteiger partial charge < -0.3 is 10.1 Å². The molecule has 8 heteroatoms. The van der Waals surface area contributed by atoms with Crippen LogP contribution in [0.1, 0.15) is 13.8 Å². The molecule has 0 fully saturated rings. The molecule has 0 saturated carbocycles. The maximum Gasteiger partial charge on any atom is 0.247 e. The first-order valence-corrected chi connectivity index (χ1v) is 9.86. The molecule has 0 heterocycles. The van der Waals surface area contributed by atoms with Gasteiger partial charge in [0.1, 0.15) is 17.6 Å². The number of carbonyl (C=O) groups is 1. The summed E-state index contributed by atoms with van der Waals surface area (Å²) in [5.41, 5.74) is 0.583.